The van der Waals surface area contributed by atoms with E-state index >= 15 is 0 Å². The molecule has 0 aliphatic carbocycles. The molecular weight excluding hydrogens is 280 g/mol. The van der Waals surface area contributed by atoms with Crippen LogP contribution in [0.2, 0.25) is 0 Å². The van der Waals surface area contributed by atoms with E-state index in [0.29, 0.717) is 11.4 Å². The number of hydrogen-bond acceptors (Lipinski definition) is 3. The minimum atomic E-state index is -1.04. The molecule has 1 amide bonds. The molecule has 108 valence electrons. The molecular formula is C17H12N2O3. The Balaban J connectivity index is 1.94. The van der Waals surface area contributed by atoms with Gasteiger partial charge in [-0.05, 0) is 29.7 Å². The lowest BCUT2D eigenvalue weighted by Gasteiger charge is -2.07. The minimum Gasteiger partial charge on any atom is -0.478 e. The maximum Gasteiger partial charge on any atom is 0.335 e. The largest absolute Gasteiger partial charge is 0.478 e. The zero-order valence-corrected chi connectivity index (χ0v) is 11.5. The number of aromatic nitrogens is 1. The highest BCUT2D eigenvalue weighted by Gasteiger charge is 2.12. The lowest BCUT2D eigenvalue weighted by Crippen LogP contribution is -2.14. The summed E-state index contributed by atoms with van der Waals surface area (Å²) in [5.74, 6) is -1.42. The van der Waals surface area contributed by atoms with Gasteiger partial charge in [-0.15, -0.1) is 0 Å². The van der Waals surface area contributed by atoms with Crippen LogP contribution in [0.4, 0.5) is 5.69 Å². The van der Waals surface area contributed by atoms with E-state index in [2.05, 4.69) is 10.3 Å². The summed E-state index contributed by atoms with van der Waals surface area (Å²) < 4.78 is 0. The van der Waals surface area contributed by atoms with Crippen molar-refractivity contribution in [2.24, 2.45) is 0 Å². The van der Waals surface area contributed by atoms with Gasteiger partial charge in [-0.25, -0.2) is 4.79 Å². The van der Waals surface area contributed by atoms with Gasteiger partial charge in [0, 0.05) is 17.3 Å². The second-order valence-electron chi connectivity index (χ2n) is 4.72. The van der Waals surface area contributed by atoms with Crippen LogP contribution in [0, 0.1) is 0 Å². The molecule has 2 aromatic carbocycles. The van der Waals surface area contributed by atoms with Crippen LogP contribution in [0.5, 0.6) is 0 Å². The number of carboxylic acid groups (broad SMARTS) is 1. The SMILES string of the molecule is O=C(O)c1cccc(NC(=O)c2nccc3ccccc23)c1. The van der Waals surface area contributed by atoms with Crippen LogP contribution in [-0.4, -0.2) is 22.0 Å². The van der Waals surface area contributed by atoms with Crippen LogP contribution >= 0.6 is 0 Å². The van der Waals surface area contributed by atoms with E-state index in [9.17, 15) is 9.59 Å². The highest BCUT2D eigenvalue weighted by Crippen LogP contribution is 2.18. The van der Waals surface area contributed by atoms with Gasteiger partial charge in [0.2, 0.25) is 0 Å². The fraction of sp³-hybridized carbons (Fsp3) is 0. The van der Waals surface area contributed by atoms with Gasteiger partial charge in [-0.3, -0.25) is 9.78 Å². The van der Waals surface area contributed by atoms with Gasteiger partial charge in [-0.1, -0.05) is 30.3 Å². The first-order chi connectivity index (χ1) is 10.6. The van der Waals surface area contributed by atoms with Gasteiger partial charge in [0.15, 0.2) is 0 Å². The maximum absolute atomic E-state index is 12.4. The predicted octanol–water partition coefficient (Wildman–Crippen LogP) is 3.19. The summed E-state index contributed by atoms with van der Waals surface area (Å²) >= 11 is 0. The Kier molecular flexibility index (Phi) is 3.53. The Morgan fingerprint density at radius 3 is 2.64 bits per heavy atom. The Morgan fingerprint density at radius 1 is 1.00 bits per heavy atom. The van der Waals surface area contributed by atoms with Crippen molar-refractivity contribution in [3.63, 3.8) is 0 Å². The quantitative estimate of drug-likeness (QED) is 0.777. The second-order valence-corrected chi connectivity index (χ2v) is 4.72. The number of carboxylic acids is 1. The summed E-state index contributed by atoms with van der Waals surface area (Å²) in [6.45, 7) is 0. The molecule has 0 atom stereocenters. The minimum absolute atomic E-state index is 0.115. The number of carbonyl (C=O) groups is 2. The number of anilines is 1. The van der Waals surface area contributed by atoms with Gasteiger partial charge >= 0.3 is 5.97 Å². The zero-order chi connectivity index (χ0) is 15.5. The summed E-state index contributed by atoms with van der Waals surface area (Å²) in [4.78, 5) is 27.5. The van der Waals surface area contributed by atoms with Crippen molar-refractivity contribution in [2.45, 2.75) is 0 Å². The standard InChI is InChI=1S/C17H12N2O3/c20-16(19-13-6-3-5-12(10-13)17(21)22)15-14-7-2-1-4-11(14)8-9-18-15/h1-10H,(H,19,20)(H,21,22). The van der Waals surface area contributed by atoms with E-state index in [0.717, 1.165) is 10.8 Å². The summed E-state index contributed by atoms with van der Waals surface area (Å²) in [7, 11) is 0. The molecule has 1 aromatic heterocycles. The molecule has 3 aromatic rings. The van der Waals surface area contributed by atoms with Crippen LogP contribution in [0.1, 0.15) is 20.8 Å². The normalized spacial score (nSPS) is 10.4. The molecule has 2 N–H and O–H groups in total. The average Bonchev–Trinajstić information content (AvgIpc) is 2.54. The smallest absolute Gasteiger partial charge is 0.335 e. The van der Waals surface area contributed by atoms with Crippen LogP contribution < -0.4 is 5.32 Å². The zero-order valence-electron chi connectivity index (χ0n) is 11.5. The van der Waals surface area contributed by atoms with Crippen molar-refractivity contribution in [2.75, 3.05) is 5.32 Å². The number of amides is 1. The monoisotopic (exact) mass is 292 g/mol. The van der Waals surface area contributed by atoms with Crippen molar-refractivity contribution in [3.05, 3.63) is 72.1 Å². The van der Waals surface area contributed by atoms with Crippen LogP contribution in [0.15, 0.2) is 60.8 Å². The van der Waals surface area contributed by atoms with E-state index in [1.54, 1.807) is 18.3 Å². The molecule has 5 heteroatoms. The van der Waals surface area contributed by atoms with E-state index in [1.165, 1.54) is 12.1 Å². The van der Waals surface area contributed by atoms with Gasteiger partial charge < -0.3 is 10.4 Å². The Morgan fingerprint density at radius 2 is 1.82 bits per heavy atom. The van der Waals surface area contributed by atoms with Crippen molar-refractivity contribution in [1.29, 1.82) is 0 Å². The third kappa shape index (κ3) is 2.64. The van der Waals surface area contributed by atoms with Gasteiger partial charge in [0.25, 0.3) is 5.91 Å². The number of carbonyl (C=O) groups excluding carboxylic acids is 1. The number of fused-ring (bicyclic) bond motifs is 1. The summed E-state index contributed by atoms with van der Waals surface area (Å²) in [6.07, 6.45) is 1.57. The Bertz CT molecular complexity index is 869. The van der Waals surface area contributed by atoms with Crippen molar-refractivity contribution >= 4 is 28.3 Å². The Hall–Kier alpha value is -3.21. The molecule has 22 heavy (non-hydrogen) atoms. The van der Waals surface area contributed by atoms with Crippen LogP contribution in [0.3, 0.4) is 0 Å². The van der Waals surface area contributed by atoms with Gasteiger partial charge in [0.05, 0.1) is 5.56 Å². The lowest BCUT2D eigenvalue weighted by atomic mass is 10.1. The molecule has 0 saturated carbocycles. The second kappa shape index (κ2) is 5.65. The van der Waals surface area contributed by atoms with E-state index in [4.69, 9.17) is 5.11 Å². The lowest BCUT2D eigenvalue weighted by molar-refractivity contribution is 0.0696. The number of nitrogens with one attached hydrogen (secondary N) is 1. The van der Waals surface area contributed by atoms with E-state index < -0.39 is 5.97 Å². The number of rotatable bonds is 3. The van der Waals surface area contributed by atoms with Crippen LogP contribution in [0.25, 0.3) is 10.8 Å². The van der Waals surface area contributed by atoms with Gasteiger partial charge in [-0.2, -0.15) is 0 Å². The fourth-order valence-corrected chi connectivity index (χ4v) is 2.22. The third-order valence-corrected chi connectivity index (χ3v) is 3.26. The van der Waals surface area contributed by atoms with Crippen molar-refractivity contribution < 1.29 is 14.7 Å². The molecule has 0 spiro atoms. The molecule has 3 rings (SSSR count). The predicted molar refractivity (Wildman–Crippen MR) is 83.1 cm³/mol. The topological polar surface area (TPSA) is 79.3 Å². The van der Waals surface area contributed by atoms with Crippen molar-refractivity contribution in [3.8, 4) is 0 Å². The van der Waals surface area contributed by atoms with Gasteiger partial charge in [0.1, 0.15) is 5.69 Å². The summed E-state index contributed by atoms with van der Waals surface area (Å²) in [5.41, 5.74) is 0.835. The maximum atomic E-state index is 12.4. The molecule has 0 fully saturated rings. The number of nitrogens with zero attached hydrogens (tertiary/aromatic N) is 1. The highest BCUT2D eigenvalue weighted by atomic mass is 16.4. The first-order valence-electron chi connectivity index (χ1n) is 6.63. The van der Waals surface area contributed by atoms with E-state index in [1.807, 2.05) is 30.3 Å². The number of hydrogen-bond donors (Lipinski definition) is 2. The number of aromatic carboxylic acids is 1. The third-order valence-electron chi connectivity index (χ3n) is 3.26. The molecule has 0 saturated heterocycles. The Labute approximate surface area is 126 Å². The molecule has 0 aliphatic rings. The molecule has 0 radical (unpaired) electrons. The molecule has 5 nitrogen and oxygen atoms in total. The highest BCUT2D eigenvalue weighted by molar-refractivity contribution is 6.11. The summed E-state index contributed by atoms with van der Waals surface area (Å²) in [6, 6.07) is 15.4. The fourth-order valence-electron chi connectivity index (χ4n) is 2.22. The first kappa shape index (κ1) is 13.8. The van der Waals surface area contributed by atoms with Crippen LogP contribution in [-0.2, 0) is 0 Å². The first-order valence-corrected chi connectivity index (χ1v) is 6.63. The number of pyridine rings is 1. The van der Waals surface area contributed by atoms with Crippen molar-refractivity contribution in [1.82, 2.24) is 4.98 Å². The average molecular weight is 292 g/mol. The number of benzene rings is 2. The van der Waals surface area contributed by atoms with E-state index in [-0.39, 0.29) is 11.5 Å². The molecule has 0 bridgehead atoms. The summed E-state index contributed by atoms with van der Waals surface area (Å²) in [5, 5.41) is 13.3. The molecule has 1 heterocycles. The molecule has 0 aliphatic heterocycles. The molecule has 0 unspecified atom stereocenters.